The highest BCUT2D eigenvalue weighted by molar-refractivity contribution is 7.08. The van der Waals surface area contributed by atoms with Crippen molar-refractivity contribution >= 4 is 28.9 Å². The normalized spacial score (nSPS) is 20.6. The summed E-state index contributed by atoms with van der Waals surface area (Å²) < 4.78 is 0. The Hall–Kier alpha value is -2.08. The lowest BCUT2D eigenvalue weighted by atomic mass is 10.1. The summed E-state index contributed by atoms with van der Waals surface area (Å²) in [7, 11) is 0. The maximum Gasteiger partial charge on any atom is 0.322 e. The maximum absolute atomic E-state index is 12.9. The van der Waals surface area contributed by atoms with Gasteiger partial charge in [-0.25, -0.2) is 9.78 Å². The van der Waals surface area contributed by atoms with Crippen LogP contribution in [-0.2, 0) is 0 Å². The molecule has 5 nitrogen and oxygen atoms in total. The van der Waals surface area contributed by atoms with Gasteiger partial charge in [0.2, 0.25) is 0 Å². The fourth-order valence-electron chi connectivity index (χ4n) is 3.68. The Labute approximate surface area is 146 Å². The molecule has 0 spiro atoms. The van der Waals surface area contributed by atoms with Crippen molar-refractivity contribution in [1.29, 1.82) is 0 Å². The van der Waals surface area contributed by atoms with E-state index in [2.05, 4.69) is 32.0 Å². The van der Waals surface area contributed by atoms with Crippen LogP contribution in [0, 0.1) is 0 Å². The molecule has 2 aliphatic rings. The summed E-state index contributed by atoms with van der Waals surface area (Å²) >= 11 is 1.69. The van der Waals surface area contributed by atoms with E-state index in [1.165, 1.54) is 18.4 Å². The minimum Gasteiger partial charge on any atom is -0.355 e. The number of urea groups is 1. The second-order valence-corrected chi connectivity index (χ2v) is 7.19. The second-order valence-electron chi connectivity index (χ2n) is 6.41. The predicted octanol–water partition coefficient (Wildman–Crippen LogP) is 4.11. The zero-order valence-corrected chi connectivity index (χ0v) is 14.5. The Balaban J connectivity index is 1.52. The van der Waals surface area contributed by atoms with Crippen LogP contribution in [0.4, 0.5) is 16.3 Å². The average molecular weight is 342 g/mol. The van der Waals surface area contributed by atoms with Gasteiger partial charge < -0.3 is 15.1 Å². The van der Waals surface area contributed by atoms with Crippen LogP contribution in [0.15, 0.2) is 35.2 Å². The molecule has 4 rings (SSSR count). The number of rotatable bonds is 3. The minimum atomic E-state index is -0.0165. The summed E-state index contributed by atoms with van der Waals surface area (Å²) in [6.45, 7) is 2.84. The molecule has 2 amide bonds. The zero-order valence-electron chi connectivity index (χ0n) is 13.6. The van der Waals surface area contributed by atoms with Gasteiger partial charge in [-0.1, -0.05) is 0 Å². The van der Waals surface area contributed by atoms with Crippen molar-refractivity contribution in [2.45, 2.75) is 31.7 Å². The molecule has 2 saturated heterocycles. The molecule has 1 atom stereocenters. The molecule has 0 aromatic carbocycles. The molecule has 0 saturated carbocycles. The van der Waals surface area contributed by atoms with E-state index in [1.807, 2.05) is 17.0 Å². The van der Waals surface area contributed by atoms with Gasteiger partial charge in [0, 0.05) is 25.8 Å². The summed E-state index contributed by atoms with van der Waals surface area (Å²) in [4.78, 5) is 21.6. The Morgan fingerprint density at radius 3 is 2.88 bits per heavy atom. The first kappa shape index (κ1) is 15.4. The molecule has 1 unspecified atom stereocenters. The van der Waals surface area contributed by atoms with E-state index in [9.17, 15) is 4.79 Å². The molecule has 0 aliphatic carbocycles. The second kappa shape index (κ2) is 6.81. The standard InChI is InChI=1S/C18H22N4OS/c23-18(22-11-4-6-16(22)14-7-12-24-13-14)20-15-5-3-8-19-17(15)21-9-1-2-10-21/h3,5,7-8,12-13,16H,1-2,4,6,9-11H2,(H,20,23). The van der Waals surface area contributed by atoms with Crippen molar-refractivity contribution in [3.63, 3.8) is 0 Å². The summed E-state index contributed by atoms with van der Waals surface area (Å²) in [6.07, 6.45) is 6.27. The first-order valence-corrected chi connectivity index (χ1v) is 9.57. The van der Waals surface area contributed by atoms with Crippen LogP contribution in [0.2, 0.25) is 0 Å². The molecule has 126 valence electrons. The number of likely N-dealkylation sites (tertiary alicyclic amines) is 1. The van der Waals surface area contributed by atoms with Crippen molar-refractivity contribution in [2.75, 3.05) is 29.9 Å². The first-order valence-electron chi connectivity index (χ1n) is 8.62. The molecular weight excluding hydrogens is 320 g/mol. The summed E-state index contributed by atoms with van der Waals surface area (Å²) in [5.74, 6) is 0.898. The number of hydrogen-bond acceptors (Lipinski definition) is 4. The van der Waals surface area contributed by atoms with Gasteiger partial charge in [-0.15, -0.1) is 0 Å². The van der Waals surface area contributed by atoms with Crippen molar-refractivity contribution in [1.82, 2.24) is 9.88 Å². The van der Waals surface area contributed by atoms with Gasteiger partial charge >= 0.3 is 6.03 Å². The molecular formula is C18H22N4OS. The zero-order chi connectivity index (χ0) is 16.4. The van der Waals surface area contributed by atoms with Crippen LogP contribution in [0.25, 0.3) is 0 Å². The quantitative estimate of drug-likeness (QED) is 0.913. The third-order valence-corrected chi connectivity index (χ3v) is 5.58. The van der Waals surface area contributed by atoms with E-state index in [-0.39, 0.29) is 12.1 Å². The number of thiophene rings is 1. The third kappa shape index (κ3) is 2.98. The van der Waals surface area contributed by atoms with Gasteiger partial charge in [0.1, 0.15) is 0 Å². The van der Waals surface area contributed by atoms with Crippen molar-refractivity contribution in [3.8, 4) is 0 Å². The van der Waals surface area contributed by atoms with Crippen LogP contribution >= 0.6 is 11.3 Å². The number of anilines is 2. The van der Waals surface area contributed by atoms with Crippen molar-refractivity contribution in [3.05, 3.63) is 40.7 Å². The molecule has 4 heterocycles. The van der Waals surface area contributed by atoms with Gasteiger partial charge in [0.25, 0.3) is 0 Å². The fourth-order valence-corrected chi connectivity index (χ4v) is 4.39. The number of hydrogen-bond donors (Lipinski definition) is 1. The Morgan fingerprint density at radius 2 is 2.08 bits per heavy atom. The lowest BCUT2D eigenvalue weighted by Gasteiger charge is -2.26. The molecule has 2 aromatic heterocycles. The number of amides is 2. The van der Waals surface area contributed by atoms with Gasteiger partial charge in [-0.05, 0) is 60.2 Å². The van der Waals surface area contributed by atoms with Crippen LogP contribution in [0.1, 0.15) is 37.3 Å². The highest BCUT2D eigenvalue weighted by atomic mass is 32.1. The van der Waals surface area contributed by atoms with E-state index in [0.29, 0.717) is 0 Å². The lowest BCUT2D eigenvalue weighted by Crippen LogP contribution is -2.35. The lowest BCUT2D eigenvalue weighted by molar-refractivity contribution is 0.207. The van der Waals surface area contributed by atoms with Crippen LogP contribution in [0.3, 0.4) is 0 Å². The largest absolute Gasteiger partial charge is 0.355 e. The van der Waals surface area contributed by atoms with Crippen LogP contribution in [-0.4, -0.2) is 35.5 Å². The number of carbonyl (C=O) groups is 1. The number of pyridine rings is 1. The number of aromatic nitrogens is 1. The number of nitrogens with one attached hydrogen (secondary N) is 1. The van der Waals surface area contributed by atoms with E-state index >= 15 is 0 Å². The first-order chi connectivity index (χ1) is 11.8. The van der Waals surface area contributed by atoms with Gasteiger partial charge in [0.15, 0.2) is 5.82 Å². The molecule has 2 fully saturated rings. The molecule has 1 N–H and O–H groups in total. The molecule has 2 aliphatic heterocycles. The summed E-state index contributed by atoms with van der Waals surface area (Å²) in [6, 6.07) is 6.14. The van der Waals surface area contributed by atoms with E-state index in [0.717, 1.165) is 44.0 Å². The highest BCUT2D eigenvalue weighted by Crippen LogP contribution is 2.34. The number of carbonyl (C=O) groups excluding carboxylic acids is 1. The number of nitrogens with zero attached hydrogens (tertiary/aromatic N) is 3. The molecule has 2 aromatic rings. The fraction of sp³-hybridized carbons (Fsp3) is 0.444. The summed E-state index contributed by atoms with van der Waals surface area (Å²) in [5, 5.41) is 7.34. The molecule has 24 heavy (non-hydrogen) atoms. The molecule has 0 radical (unpaired) electrons. The van der Waals surface area contributed by atoms with Crippen LogP contribution < -0.4 is 10.2 Å². The summed E-state index contributed by atoms with van der Waals surface area (Å²) in [5.41, 5.74) is 2.07. The smallest absolute Gasteiger partial charge is 0.322 e. The minimum absolute atomic E-state index is 0.0165. The highest BCUT2D eigenvalue weighted by Gasteiger charge is 2.31. The average Bonchev–Trinajstić information content (AvgIpc) is 3.35. The SMILES string of the molecule is O=C(Nc1cccnc1N1CCCC1)N1CCCC1c1ccsc1. The molecule has 0 bridgehead atoms. The van der Waals surface area contributed by atoms with Gasteiger partial charge in [0.05, 0.1) is 11.7 Å². The van der Waals surface area contributed by atoms with E-state index in [4.69, 9.17) is 0 Å². The Bertz CT molecular complexity index is 697. The van der Waals surface area contributed by atoms with Gasteiger partial charge in [-0.3, -0.25) is 0 Å². The van der Waals surface area contributed by atoms with Crippen LogP contribution in [0.5, 0.6) is 0 Å². The molecule has 6 heteroatoms. The maximum atomic E-state index is 12.9. The topological polar surface area (TPSA) is 48.5 Å². The Kier molecular flexibility index (Phi) is 4.38. The van der Waals surface area contributed by atoms with E-state index in [1.54, 1.807) is 17.5 Å². The van der Waals surface area contributed by atoms with Gasteiger partial charge in [-0.2, -0.15) is 11.3 Å². The van der Waals surface area contributed by atoms with Crippen molar-refractivity contribution < 1.29 is 4.79 Å². The monoisotopic (exact) mass is 342 g/mol. The van der Waals surface area contributed by atoms with Crippen molar-refractivity contribution in [2.24, 2.45) is 0 Å². The van der Waals surface area contributed by atoms with E-state index < -0.39 is 0 Å². The predicted molar refractivity (Wildman–Crippen MR) is 97.7 cm³/mol. The Morgan fingerprint density at radius 1 is 1.21 bits per heavy atom. The third-order valence-electron chi connectivity index (χ3n) is 4.88.